The Morgan fingerprint density at radius 3 is 2.62 bits per heavy atom. The van der Waals surface area contributed by atoms with Crippen LogP contribution in [0.15, 0.2) is 18.2 Å². The molecule has 1 aromatic carbocycles. The lowest BCUT2D eigenvalue weighted by Gasteiger charge is -2.19. The third-order valence-corrected chi connectivity index (χ3v) is 3.87. The van der Waals surface area contributed by atoms with Gasteiger partial charge in [-0.3, -0.25) is 9.59 Å². The zero-order valence-electron chi connectivity index (χ0n) is 12.1. The van der Waals surface area contributed by atoms with Crippen molar-refractivity contribution in [2.75, 3.05) is 6.54 Å². The minimum absolute atomic E-state index is 0.0721. The molecule has 110 valence electrons. The van der Waals surface area contributed by atoms with Crippen LogP contribution in [0.2, 0.25) is 0 Å². The summed E-state index contributed by atoms with van der Waals surface area (Å²) in [5.74, 6) is -1.20. The quantitative estimate of drug-likeness (QED) is 0.906. The van der Waals surface area contributed by atoms with Crippen LogP contribution in [0.5, 0.6) is 0 Å². The first-order chi connectivity index (χ1) is 9.95. The van der Waals surface area contributed by atoms with Crippen LogP contribution in [-0.2, 0) is 4.79 Å². The molecule has 1 heterocycles. The van der Waals surface area contributed by atoms with Gasteiger partial charge in [0.05, 0.1) is 0 Å². The van der Waals surface area contributed by atoms with E-state index in [1.54, 1.807) is 0 Å². The lowest BCUT2D eigenvalue weighted by atomic mass is 10.1. The van der Waals surface area contributed by atoms with Crippen LogP contribution in [0.4, 0.5) is 0 Å². The molecule has 1 aromatic heterocycles. The fourth-order valence-corrected chi connectivity index (χ4v) is 2.77. The number of amides is 1. The highest BCUT2D eigenvalue weighted by molar-refractivity contribution is 6.00. The Bertz CT molecular complexity index is 728. The summed E-state index contributed by atoms with van der Waals surface area (Å²) in [6.45, 7) is 3.78. The number of nitrogens with one attached hydrogen (secondary N) is 1. The number of hydrogen-bond donors (Lipinski definition) is 2. The SMILES string of the molecule is Cc1cc(C)c2cc(C(=O)N(CC(=O)O)C3CC3)[nH]c2c1. The number of H-pyrrole nitrogens is 1. The average molecular weight is 286 g/mol. The molecule has 2 N–H and O–H groups in total. The van der Waals surface area contributed by atoms with E-state index in [1.807, 2.05) is 26.0 Å². The number of aromatic amines is 1. The van der Waals surface area contributed by atoms with Crippen molar-refractivity contribution in [3.05, 3.63) is 35.0 Å². The molecule has 0 unspecified atom stereocenters. The molecule has 1 aliphatic rings. The third kappa shape index (κ3) is 2.63. The van der Waals surface area contributed by atoms with Gasteiger partial charge in [0.2, 0.25) is 0 Å². The van der Waals surface area contributed by atoms with E-state index in [-0.39, 0.29) is 18.5 Å². The molecule has 0 spiro atoms. The Kier molecular flexibility index (Phi) is 3.20. The Labute approximate surface area is 122 Å². The molecular formula is C16H18N2O3. The number of carboxylic acid groups (broad SMARTS) is 1. The van der Waals surface area contributed by atoms with E-state index < -0.39 is 5.97 Å². The van der Waals surface area contributed by atoms with Crippen LogP contribution in [0.25, 0.3) is 10.9 Å². The highest BCUT2D eigenvalue weighted by Crippen LogP contribution is 2.29. The summed E-state index contributed by atoms with van der Waals surface area (Å²) in [7, 11) is 0. The summed E-state index contributed by atoms with van der Waals surface area (Å²) in [6, 6.07) is 5.96. The molecule has 21 heavy (non-hydrogen) atoms. The second-order valence-electron chi connectivity index (χ2n) is 5.78. The van der Waals surface area contributed by atoms with Gasteiger partial charge in [-0.25, -0.2) is 0 Å². The Morgan fingerprint density at radius 1 is 1.29 bits per heavy atom. The molecule has 1 fully saturated rings. The minimum Gasteiger partial charge on any atom is -0.480 e. The number of fused-ring (bicyclic) bond motifs is 1. The van der Waals surface area contributed by atoms with Crippen molar-refractivity contribution >= 4 is 22.8 Å². The molecular weight excluding hydrogens is 268 g/mol. The molecule has 0 saturated heterocycles. The van der Waals surface area contributed by atoms with Crippen molar-refractivity contribution in [2.24, 2.45) is 0 Å². The van der Waals surface area contributed by atoms with E-state index in [9.17, 15) is 9.59 Å². The minimum atomic E-state index is -0.974. The van der Waals surface area contributed by atoms with E-state index in [2.05, 4.69) is 11.1 Å². The monoisotopic (exact) mass is 286 g/mol. The molecule has 0 aliphatic heterocycles. The fourth-order valence-electron chi connectivity index (χ4n) is 2.77. The zero-order chi connectivity index (χ0) is 15.1. The van der Waals surface area contributed by atoms with Crippen LogP contribution < -0.4 is 0 Å². The number of rotatable bonds is 4. The van der Waals surface area contributed by atoms with Gasteiger partial charge in [0.1, 0.15) is 12.2 Å². The van der Waals surface area contributed by atoms with Gasteiger partial charge in [0.25, 0.3) is 5.91 Å². The molecule has 5 nitrogen and oxygen atoms in total. The molecule has 1 amide bonds. The number of aromatic nitrogens is 1. The molecule has 1 saturated carbocycles. The van der Waals surface area contributed by atoms with Crippen LogP contribution >= 0.6 is 0 Å². The van der Waals surface area contributed by atoms with Gasteiger partial charge in [0.15, 0.2) is 0 Å². The molecule has 3 rings (SSSR count). The van der Waals surface area contributed by atoms with Gasteiger partial charge in [-0.05, 0) is 49.9 Å². The van der Waals surface area contributed by atoms with Crippen molar-refractivity contribution < 1.29 is 14.7 Å². The van der Waals surface area contributed by atoms with Crippen LogP contribution in [0, 0.1) is 13.8 Å². The Hall–Kier alpha value is -2.30. The van der Waals surface area contributed by atoms with Crippen LogP contribution in [0.3, 0.4) is 0 Å². The van der Waals surface area contributed by atoms with Gasteiger partial charge in [-0.15, -0.1) is 0 Å². The number of carbonyl (C=O) groups excluding carboxylic acids is 1. The maximum Gasteiger partial charge on any atom is 0.323 e. The first-order valence-corrected chi connectivity index (χ1v) is 7.08. The lowest BCUT2D eigenvalue weighted by Crippen LogP contribution is -2.37. The number of carbonyl (C=O) groups is 2. The second kappa shape index (κ2) is 4.91. The number of aliphatic carboxylic acids is 1. The number of nitrogens with zero attached hydrogens (tertiary/aromatic N) is 1. The van der Waals surface area contributed by atoms with Crippen molar-refractivity contribution in [1.82, 2.24) is 9.88 Å². The number of hydrogen-bond acceptors (Lipinski definition) is 2. The third-order valence-electron chi connectivity index (χ3n) is 3.87. The van der Waals surface area contributed by atoms with Gasteiger partial charge >= 0.3 is 5.97 Å². The normalized spacial score (nSPS) is 14.4. The molecule has 0 atom stereocenters. The van der Waals surface area contributed by atoms with Crippen LogP contribution in [0.1, 0.15) is 34.5 Å². The average Bonchev–Trinajstić information content (AvgIpc) is 3.14. The van der Waals surface area contributed by atoms with Crippen molar-refractivity contribution in [3.8, 4) is 0 Å². The van der Waals surface area contributed by atoms with Gasteiger partial charge in [0, 0.05) is 16.9 Å². The van der Waals surface area contributed by atoms with E-state index in [0.717, 1.165) is 34.9 Å². The summed E-state index contributed by atoms with van der Waals surface area (Å²) < 4.78 is 0. The molecule has 0 bridgehead atoms. The van der Waals surface area contributed by atoms with E-state index >= 15 is 0 Å². The molecule has 0 radical (unpaired) electrons. The second-order valence-corrected chi connectivity index (χ2v) is 5.78. The van der Waals surface area contributed by atoms with Crippen molar-refractivity contribution in [2.45, 2.75) is 32.7 Å². The summed E-state index contributed by atoms with van der Waals surface area (Å²) >= 11 is 0. The van der Waals surface area contributed by atoms with Gasteiger partial charge in [-0.1, -0.05) is 6.07 Å². The highest BCUT2D eigenvalue weighted by Gasteiger charge is 2.34. The summed E-state index contributed by atoms with van der Waals surface area (Å²) in [5.41, 5.74) is 3.62. The number of benzene rings is 1. The van der Waals surface area contributed by atoms with E-state index in [0.29, 0.717) is 5.69 Å². The Morgan fingerprint density at radius 2 is 2.00 bits per heavy atom. The fraction of sp³-hybridized carbons (Fsp3) is 0.375. The predicted molar refractivity (Wildman–Crippen MR) is 79.5 cm³/mol. The van der Waals surface area contributed by atoms with Gasteiger partial charge in [-0.2, -0.15) is 0 Å². The maximum atomic E-state index is 12.6. The molecule has 1 aliphatic carbocycles. The molecule has 5 heteroatoms. The zero-order valence-corrected chi connectivity index (χ0v) is 12.1. The molecule has 2 aromatic rings. The predicted octanol–water partition coefficient (Wildman–Crippen LogP) is 2.47. The Balaban J connectivity index is 1.96. The van der Waals surface area contributed by atoms with Crippen LogP contribution in [-0.4, -0.2) is 39.5 Å². The topological polar surface area (TPSA) is 73.4 Å². The number of aryl methyl sites for hydroxylation is 2. The largest absolute Gasteiger partial charge is 0.480 e. The lowest BCUT2D eigenvalue weighted by molar-refractivity contribution is -0.137. The summed E-state index contributed by atoms with van der Waals surface area (Å²) in [6.07, 6.45) is 1.77. The summed E-state index contributed by atoms with van der Waals surface area (Å²) in [4.78, 5) is 28.1. The number of carboxylic acids is 1. The van der Waals surface area contributed by atoms with E-state index in [1.165, 1.54) is 4.90 Å². The van der Waals surface area contributed by atoms with Crippen molar-refractivity contribution in [1.29, 1.82) is 0 Å². The highest BCUT2D eigenvalue weighted by atomic mass is 16.4. The first kappa shape index (κ1) is 13.7. The van der Waals surface area contributed by atoms with Crippen molar-refractivity contribution in [3.63, 3.8) is 0 Å². The summed E-state index contributed by atoms with van der Waals surface area (Å²) in [5, 5.41) is 9.98. The standard InChI is InChI=1S/C16H18N2O3/c1-9-5-10(2)12-7-14(17-13(12)6-9)16(21)18(8-15(19)20)11-3-4-11/h5-7,11,17H,3-4,8H2,1-2H3,(H,19,20). The maximum absolute atomic E-state index is 12.6. The first-order valence-electron chi connectivity index (χ1n) is 7.08. The van der Waals surface area contributed by atoms with Gasteiger partial charge < -0.3 is 15.0 Å². The van der Waals surface area contributed by atoms with E-state index in [4.69, 9.17) is 5.11 Å². The smallest absolute Gasteiger partial charge is 0.323 e.